The van der Waals surface area contributed by atoms with Gasteiger partial charge >= 0.3 is 23.3 Å². The van der Waals surface area contributed by atoms with Crippen molar-refractivity contribution in [3.8, 4) is 17.2 Å². The first-order valence-corrected chi connectivity index (χ1v) is 15.5. The van der Waals surface area contributed by atoms with Crippen molar-refractivity contribution in [2.45, 2.75) is 58.7 Å². The molecule has 0 heterocycles. The van der Waals surface area contributed by atoms with Crippen LogP contribution in [0.5, 0.6) is 17.2 Å². The van der Waals surface area contributed by atoms with E-state index in [1.165, 1.54) is 14.7 Å². The van der Waals surface area contributed by atoms with Gasteiger partial charge < -0.3 is 18.8 Å². The highest BCUT2D eigenvalue weighted by atomic mass is 32.2. The van der Waals surface area contributed by atoms with Crippen LogP contribution in [0.1, 0.15) is 20.8 Å². The molecule has 17 heteroatoms. The number of hydrogen-bond donors (Lipinski definition) is 0. The van der Waals surface area contributed by atoms with E-state index in [2.05, 4.69) is 36.4 Å². The van der Waals surface area contributed by atoms with Crippen LogP contribution in [-0.2, 0) is 21.0 Å². The van der Waals surface area contributed by atoms with Crippen molar-refractivity contribution in [3.05, 3.63) is 72.8 Å². The van der Waals surface area contributed by atoms with Gasteiger partial charge in [-0.15, -0.1) is 0 Å². The standard InChI is InChI=1S/C24H27O3S.C4HF9O3S/c1-4-25-19-7-13-22(14-8-19)28(23-15-9-20(10-16-23)26-5-2)24-17-11-21(12-18-24)27-6-3;5-1(6,3(9,10)11)2(7,8)4(12,13)17(14,15)16/h7-18H,4-6H2,1-3H3;(H,14,15,16)/q+1;/p-1. The Balaban J connectivity index is 0.000000358. The maximum Gasteiger partial charge on any atom is 0.460 e. The lowest BCUT2D eigenvalue weighted by Crippen LogP contribution is -2.63. The largest absolute Gasteiger partial charge is 0.743 e. The van der Waals surface area contributed by atoms with E-state index in [0.29, 0.717) is 19.8 Å². The van der Waals surface area contributed by atoms with E-state index < -0.39 is 33.4 Å². The third-order valence-corrected chi connectivity index (χ3v) is 8.66. The zero-order chi connectivity index (χ0) is 34.3. The van der Waals surface area contributed by atoms with E-state index >= 15 is 0 Å². The van der Waals surface area contributed by atoms with Crippen LogP contribution in [0, 0.1) is 0 Å². The van der Waals surface area contributed by atoms with Crippen molar-refractivity contribution in [2.24, 2.45) is 0 Å². The molecule has 0 aliphatic heterocycles. The molecule has 0 N–H and O–H groups in total. The van der Waals surface area contributed by atoms with Crippen LogP contribution in [0.3, 0.4) is 0 Å². The van der Waals surface area contributed by atoms with Crippen LogP contribution < -0.4 is 14.2 Å². The Hall–Kier alpha value is -3.31. The second-order valence-electron chi connectivity index (χ2n) is 8.64. The molecule has 250 valence electrons. The second-order valence-corrected chi connectivity index (χ2v) is 12.1. The molecule has 0 saturated heterocycles. The van der Waals surface area contributed by atoms with E-state index in [1.54, 1.807) is 0 Å². The van der Waals surface area contributed by atoms with Crippen LogP contribution in [0.25, 0.3) is 0 Å². The fourth-order valence-electron chi connectivity index (χ4n) is 3.44. The molecule has 3 aromatic carbocycles. The number of alkyl halides is 9. The summed E-state index contributed by atoms with van der Waals surface area (Å²) in [6.45, 7) is 8.00. The van der Waals surface area contributed by atoms with Crippen molar-refractivity contribution in [1.29, 1.82) is 0 Å². The molecule has 0 fully saturated rings. The van der Waals surface area contributed by atoms with Gasteiger partial charge in [0.15, 0.2) is 24.8 Å². The maximum absolute atomic E-state index is 12.2. The summed E-state index contributed by atoms with van der Waals surface area (Å²) in [7, 11) is -7.63. The summed E-state index contributed by atoms with van der Waals surface area (Å²) in [4.78, 5) is 3.74. The van der Waals surface area contributed by atoms with Crippen molar-refractivity contribution in [2.75, 3.05) is 19.8 Å². The first-order chi connectivity index (χ1) is 20.7. The van der Waals surface area contributed by atoms with Crippen LogP contribution >= 0.6 is 0 Å². The summed E-state index contributed by atoms with van der Waals surface area (Å²) in [6.07, 6.45) is -7.16. The summed E-state index contributed by atoms with van der Waals surface area (Å²) < 4.78 is 152. The molecule has 45 heavy (non-hydrogen) atoms. The molecule has 0 radical (unpaired) electrons. The summed E-state index contributed by atoms with van der Waals surface area (Å²) in [5.74, 6) is -12.1. The van der Waals surface area contributed by atoms with Crippen molar-refractivity contribution in [1.82, 2.24) is 0 Å². The lowest BCUT2D eigenvalue weighted by Gasteiger charge is -2.34. The van der Waals surface area contributed by atoms with Crippen LogP contribution in [0.2, 0.25) is 0 Å². The van der Waals surface area contributed by atoms with E-state index in [9.17, 15) is 52.5 Å². The number of halogens is 9. The van der Waals surface area contributed by atoms with Crippen LogP contribution in [0.4, 0.5) is 39.5 Å². The maximum atomic E-state index is 12.2. The number of ether oxygens (including phenoxy) is 3. The minimum atomic E-state index is -7.43. The average Bonchev–Trinajstić information content (AvgIpc) is 2.95. The Labute approximate surface area is 256 Å². The monoisotopic (exact) mass is 694 g/mol. The molecule has 0 amide bonds. The molecule has 0 saturated carbocycles. The molecule has 0 unspecified atom stereocenters. The first kappa shape index (κ1) is 37.9. The number of rotatable bonds is 12. The van der Waals surface area contributed by atoms with Gasteiger partial charge in [0.2, 0.25) is 0 Å². The summed E-state index contributed by atoms with van der Waals surface area (Å²) in [5, 5.41) is -7.11. The van der Waals surface area contributed by atoms with Crippen molar-refractivity contribution in [3.63, 3.8) is 0 Å². The number of benzene rings is 3. The fraction of sp³-hybridized carbons (Fsp3) is 0.357. The quantitative estimate of drug-likeness (QED) is 0.109. The molecule has 3 aromatic rings. The fourth-order valence-corrected chi connectivity index (χ4v) is 5.93. The molecular weight excluding hydrogens is 667 g/mol. The highest BCUT2D eigenvalue weighted by molar-refractivity contribution is 7.97. The zero-order valence-electron chi connectivity index (χ0n) is 23.7. The predicted molar refractivity (Wildman–Crippen MR) is 146 cm³/mol. The highest BCUT2D eigenvalue weighted by Gasteiger charge is 2.83. The van der Waals surface area contributed by atoms with Gasteiger partial charge in [0.05, 0.1) is 30.7 Å². The lowest BCUT2D eigenvalue weighted by molar-refractivity contribution is -0.382. The zero-order valence-corrected chi connectivity index (χ0v) is 25.4. The van der Waals surface area contributed by atoms with Gasteiger partial charge in [0, 0.05) is 0 Å². The lowest BCUT2D eigenvalue weighted by atomic mass is 10.1. The van der Waals surface area contributed by atoms with Gasteiger partial charge in [-0.1, -0.05) is 0 Å². The Morgan fingerprint density at radius 3 is 1.02 bits per heavy atom. The van der Waals surface area contributed by atoms with E-state index in [1.807, 2.05) is 57.2 Å². The summed E-state index contributed by atoms with van der Waals surface area (Å²) >= 11 is 0. The highest BCUT2D eigenvalue weighted by Crippen LogP contribution is 2.54. The van der Waals surface area contributed by atoms with Gasteiger partial charge in [0.25, 0.3) is 0 Å². The van der Waals surface area contributed by atoms with Gasteiger partial charge in [0.1, 0.15) is 17.2 Å². The molecule has 0 aromatic heterocycles. The Morgan fingerprint density at radius 1 is 0.556 bits per heavy atom. The molecule has 3 rings (SSSR count). The smallest absolute Gasteiger partial charge is 0.460 e. The van der Waals surface area contributed by atoms with Crippen LogP contribution in [-0.4, -0.2) is 56.1 Å². The minimum absolute atomic E-state index is 0.218. The Morgan fingerprint density at radius 2 is 0.822 bits per heavy atom. The SMILES string of the molecule is CCOc1ccc([S+](c2ccc(OCC)cc2)c2ccc(OCC)cc2)cc1.O=S(=O)([O-])C(F)(F)C(F)(F)C(F)(F)C(F)(F)F. The van der Waals surface area contributed by atoms with Crippen molar-refractivity contribution < 1.29 is 66.7 Å². The van der Waals surface area contributed by atoms with Gasteiger partial charge in [-0.05, 0) is 93.6 Å². The number of hydrogen-bond acceptors (Lipinski definition) is 6. The van der Waals surface area contributed by atoms with E-state index in [0.717, 1.165) is 17.2 Å². The molecular formula is C28H27F9O6S2. The van der Waals surface area contributed by atoms with E-state index in [-0.39, 0.29) is 10.9 Å². The average molecular weight is 695 g/mol. The second kappa shape index (κ2) is 14.9. The third kappa shape index (κ3) is 8.70. The topological polar surface area (TPSA) is 84.9 Å². The molecule has 6 nitrogen and oxygen atoms in total. The van der Waals surface area contributed by atoms with Gasteiger partial charge in [-0.2, -0.15) is 39.5 Å². The summed E-state index contributed by atoms with van der Waals surface area (Å²) in [5.41, 5.74) is 0. The van der Waals surface area contributed by atoms with Crippen molar-refractivity contribution >= 4 is 21.0 Å². The molecule has 0 aliphatic rings. The molecule has 0 atom stereocenters. The van der Waals surface area contributed by atoms with Gasteiger partial charge in [-0.25, -0.2) is 8.42 Å². The van der Waals surface area contributed by atoms with Crippen LogP contribution in [0.15, 0.2) is 87.5 Å². The molecule has 0 bridgehead atoms. The molecule has 0 spiro atoms. The Kier molecular flexibility index (Phi) is 12.5. The third-order valence-electron chi connectivity index (χ3n) is 5.54. The summed E-state index contributed by atoms with van der Waals surface area (Å²) in [6, 6.07) is 25.2. The normalized spacial score (nSPS) is 12.8. The molecule has 0 aliphatic carbocycles. The minimum Gasteiger partial charge on any atom is -0.743 e. The van der Waals surface area contributed by atoms with Gasteiger partial charge in [-0.3, -0.25) is 0 Å². The predicted octanol–water partition coefficient (Wildman–Crippen LogP) is 7.94. The Bertz CT molecular complexity index is 1350. The van der Waals surface area contributed by atoms with E-state index in [4.69, 9.17) is 14.2 Å². The first-order valence-electron chi connectivity index (χ1n) is 12.8.